The van der Waals surface area contributed by atoms with E-state index in [4.69, 9.17) is 0 Å². The topological polar surface area (TPSA) is 60.9 Å². The molecule has 0 atom stereocenters. The van der Waals surface area contributed by atoms with Crippen molar-refractivity contribution in [3.8, 4) is 0 Å². The van der Waals surface area contributed by atoms with Gasteiger partial charge in [0.25, 0.3) is 11.8 Å². The number of amides is 2. The van der Waals surface area contributed by atoms with Crippen molar-refractivity contribution in [2.45, 2.75) is 27.7 Å². The van der Waals surface area contributed by atoms with Gasteiger partial charge in [0.2, 0.25) is 0 Å². The smallest absolute Gasteiger partial charge is 0.282 e. The van der Waals surface area contributed by atoms with Crippen LogP contribution in [0, 0.1) is 27.7 Å². The highest BCUT2D eigenvalue weighted by Gasteiger charge is 2.41. The van der Waals surface area contributed by atoms with E-state index in [0.29, 0.717) is 22.5 Å². The highest BCUT2D eigenvalue weighted by atomic mass is 16.3. The Kier molecular flexibility index (Phi) is 5.38. The third kappa shape index (κ3) is 3.45. The van der Waals surface area contributed by atoms with Crippen molar-refractivity contribution < 1.29 is 14.7 Å². The zero-order valence-corrected chi connectivity index (χ0v) is 17.0. The molecule has 1 heterocycles. The highest BCUT2D eigenvalue weighted by Crippen LogP contribution is 2.35. The van der Waals surface area contributed by atoms with E-state index >= 15 is 0 Å². The molecule has 0 saturated carbocycles. The van der Waals surface area contributed by atoms with Gasteiger partial charge in [0.15, 0.2) is 0 Å². The third-order valence-electron chi connectivity index (χ3n) is 5.14. The van der Waals surface area contributed by atoms with Crippen molar-refractivity contribution in [2.75, 3.05) is 25.1 Å². The molecule has 0 radical (unpaired) electrons. The summed E-state index contributed by atoms with van der Waals surface area (Å²) in [5, 5.41) is 9.37. The number of imide groups is 1. The fraction of sp³-hybridized carbons (Fsp3) is 0.304. The Balaban J connectivity index is 2.17. The largest absolute Gasteiger partial charge is 0.395 e. The van der Waals surface area contributed by atoms with Crippen LogP contribution < -0.4 is 4.90 Å². The fourth-order valence-corrected chi connectivity index (χ4v) is 3.61. The van der Waals surface area contributed by atoms with Crippen LogP contribution in [-0.2, 0) is 9.59 Å². The quantitative estimate of drug-likeness (QED) is 0.812. The van der Waals surface area contributed by atoms with Gasteiger partial charge in [0, 0.05) is 13.6 Å². The summed E-state index contributed by atoms with van der Waals surface area (Å²) in [7, 11) is 1.72. The van der Waals surface area contributed by atoms with E-state index in [1.54, 1.807) is 11.9 Å². The van der Waals surface area contributed by atoms with Crippen LogP contribution in [0.25, 0.3) is 5.57 Å². The van der Waals surface area contributed by atoms with Crippen molar-refractivity contribution in [2.24, 2.45) is 0 Å². The van der Waals surface area contributed by atoms with E-state index < -0.39 is 0 Å². The Hall–Kier alpha value is -2.92. The maximum atomic E-state index is 13.4. The van der Waals surface area contributed by atoms with Gasteiger partial charge < -0.3 is 10.0 Å². The van der Waals surface area contributed by atoms with Gasteiger partial charge in [-0.1, -0.05) is 24.3 Å². The molecular weight excluding hydrogens is 352 g/mol. The van der Waals surface area contributed by atoms with Crippen LogP contribution in [0.4, 0.5) is 5.69 Å². The Labute approximate surface area is 165 Å². The van der Waals surface area contributed by atoms with Crippen molar-refractivity contribution in [1.29, 1.82) is 0 Å². The molecule has 0 fully saturated rings. The lowest BCUT2D eigenvalue weighted by atomic mass is 9.99. The lowest BCUT2D eigenvalue weighted by molar-refractivity contribution is -0.120. The van der Waals surface area contributed by atoms with Crippen LogP contribution in [-0.4, -0.2) is 42.0 Å². The molecule has 28 heavy (non-hydrogen) atoms. The molecule has 0 bridgehead atoms. The molecule has 2 amide bonds. The molecule has 0 aliphatic carbocycles. The highest BCUT2D eigenvalue weighted by molar-refractivity contribution is 6.45. The number of carbonyl (C=O) groups excluding carboxylic acids is 2. The van der Waals surface area contributed by atoms with Gasteiger partial charge in [-0.3, -0.25) is 9.59 Å². The maximum Gasteiger partial charge on any atom is 0.282 e. The predicted molar refractivity (Wildman–Crippen MR) is 111 cm³/mol. The minimum atomic E-state index is -0.362. The molecule has 0 saturated heterocycles. The summed E-state index contributed by atoms with van der Waals surface area (Å²) in [6.07, 6.45) is 0. The molecule has 1 aliphatic rings. The summed E-state index contributed by atoms with van der Waals surface area (Å²) in [6, 6.07) is 11.5. The van der Waals surface area contributed by atoms with Gasteiger partial charge in [-0.05, 0) is 67.6 Å². The molecular formula is C23H26N2O3. The molecule has 0 aromatic heterocycles. The molecule has 5 heteroatoms. The Morgan fingerprint density at radius 3 is 2.11 bits per heavy atom. The summed E-state index contributed by atoms with van der Waals surface area (Å²) in [4.78, 5) is 29.6. The number of hydrogen-bond acceptors (Lipinski definition) is 4. The second-order valence-electron chi connectivity index (χ2n) is 7.46. The van der Waals surface area contributed by atoms with E-state index in [2.05, 4.69) is 0 Å². The molecule has 0 unspecified atom stereocenters. The monoisotopic (exact) mass is 378 g/mol. The normalized spacial score (nSPS) is 14.3. The van der Waals surface area contributed by atoms with Crippen LogP contribution >= 0.6 is 0 Å². The molecule has 5 nitrogen and oxygen atoms in total. The van der Waals surface area contributed by atoms with E-state index in [0.717, 1.165) is 22.3 Å². The van der Waals surface area contributed by atoms with Crippen LogP contribution in [0.15, 0.2) is 42.1 Å². The zero-order valence-electron chi connectivity index (χ0n) is 17.0. The number of rotatable bonds is 5. The van der Waals surface area contributed by atoms with Gasteiger partial charge in [0.1, 0.15) is 5.70 Å². The second kappa shape index (κ2) is 7.60. The van der Waals surface area contributed by atoms with Gasteiger partial charge >= 0.3 is 0 Å². The first-order valence-electron chi connectivity index (χ1n) is 9.35. The minimum Gasteiger partial charge on any atom is -0.395 e. The zero-order chi connectivity index (χ0) is 20.6. The number of nitrogens with zero attached hydrogens (tertiary/aromatic N) is 2. The molecule has 0 spiro atoms. The van der Waals surface area contributed by atoms with Gasteiger partial charge in [-0.15, -0.1) is 0 Å². The number of benzene rings is 2. The molecule has 3 rings (SSSR count). The number of aryl methyl sites for hydroxylation is 4. The summed E-state index contributed by atoms with van der Waals surface area (Å²) in [5.41, 5.74) is 6.14. The summed E-state index contributed by atoms with van der Waals surface area (Å²) < 4.78 is 0. The standard InChI is InChI=1S/C23H26N2O3/c1-14-10-15(2)12-19(11-14)25-22(27)20(18-7-6-16(3)17(4)13-18)21(23(25)28)24(5)8-9-26/h6-7,10-13,26H,8-9H2,1-5H3. The molecule has 1 aliphatic heterocycles. The van der Waals surface area contributed by atoms with E-state index in [1.165, 1.54) is 4.90 Å². The average molecular weight is 378 g/mol. The van der Waals surface area contributed by atoms with Crippen molar-refractivity contribution in [1.82, 2.24) is 4.90 Å². The lowest BCUT2D eigenvalue weighted by Gasteiger charge is -2.21. The second-order valence-corrected chi connectivity index (χ2v) is 7.46. The van der Waals surface area contributed by atoms with Crippen LogP contribution in [0.5, 0.6) is 0 Å². The Morgan fingerprint density at radius 2 is 1.54 bits per heavy atom. The molecule has 146 valence electrons. The first-order valence-corrected chi connectivity index (χ1v) is 9.35. The van der Waals surface area contributed by atoms with E-state index in [9.17, 15) is 14.7 Å². The number of likely N-dealkylation sites (N-methyl/N-ethyl adjacent to an activating group) is 1. The van der Waals surface area contributed by atoms with Crippen molar-refractivity contribution >= 4 is 23.1 Å². The Bertz CT molecular complexity index is 971. The van der Waals surface area contributed by atoms with E-state index in [-0.39, 0.29) is 25.0 Å². The lowest BCUT2D eigenvalue weighted by Crippen LogP contribution is -2.35. The third-order valence-corrected chi connectivity index (χ3v) is 5.14. The SMILES string of the molecule is Cc1cc(C)cc(N2C(=O)C(c3ccc(C)c(C)c3)=C(N(C)CCO)C2=O)c1. The van der Waals surface area contributed by atoms with Gasteiger partial charge in [-0.25, -0.2) is 4.90 Å². The average Bonchev–Trinajstić information content (AvgIpc) is 2.87. The molecule has 1 N–H and O–H groups in total. The summed E-state index contributed by atoms with van der Waals surface area (Å²) in [6.45, 7) is 8.04. The van der Waals surface area contributed by atoms with E-state index in [1.807, 2.05) is 64.1 Å². The summed E-state index contributed by atoms with van der Waals surface area (Å²) >= 11 is 0. The minimum absolute atomic E-state index is 0.106. The first-order chi connectivity index (χ1) is 13.2. The van der Waals surface area contributed by atoms with Gasteiger partial charge in [-0.2, -0.15) is 0 Å². The van der Waals surface area contributed by atoms with Crippen LogP contribution in [0.1, 0.15) is 27.8 Å². The number of aliphatic hydroxyl groups excluding tert-OH is 1. The first kappa shape index (κ1) is 19.8. The number of aliphatic hydroxyl groups is 1. The predicted octanol–water partition coefficient (Wildman–Crippen LogP) is 3.13. The van der Waals surface area contributed by atoms with Crippen molar-refractivity contribution in [3.63, 3.8) is 0 Å². The number of carbonyl (C=O) groups is 2. The summed E-state index contributed by atoms with van der Waals surface area (Å²) in [5.74, 6) is -0.697. The van der Waals surface area contributed by atoms with Gasteiger partial charge in [0.05, 0.1) is 17.9 Å². The van der Waals surface area contributed by atoms with Crippen LogP contribution in [0.2, 0.25) is 0 Å². The van der Waals surface area contributed by atoms with Crippen LogP contribution in [0.3, 0.4) is 0 Å². The molecule has 2 aromatic carbocycles. The maximum absolute atomic E-state index is 13.4. The molecule has 2 aromatic rings. The fourth-order valence-electron chi connectivity index (χ4n) is 3.61. The number of hydrogen-bond donors (Lipinski definition) is 1. The number of anilines is 1. The Morgan fingerprint density at radius 1 is 0.893 bits per heavy atom. The van der Waals surface area contributed by atoms with Crippen molar-refractivity contribution in [3.05, 3.63) is 69.9 Å².